The molecule has 0 bridgehead atoms. The zero-order chi connectivity index (χ0) is 12.0. The first-order chi connectivity index (χ1) is 7.54. The molecule has 1 rings (SSSR count). The smallest absolute Gasteiger partial charge is 0.240 e. The van der Waals surface area contributed by atoms with Gasteiger partial charge in [0.05, 0.1) is 5.54 Å². The van der Waals surface area contributed by atoms with Crippen molar-refractivity contribution < 1.29 is 9.59 Å². The number of carbonyl (C=O) groups is 2. The number of amides is 2. The Morgan fingerprint density at radius 2 is 1.81 bits per heavy atom. The van der Waals surface area contributed by atoms with Gasteiger partial charge in [0.15, 0.2) is 0 Å². The van der Waals surface area contributed by atoms with Gasteiger partial charge in [-0.1, -0.05) is 12.8 Å². The average molecular weight is 227 g/mol. The number of hydrogen-bond donors (Lipinski definition) is 3. The minimum Gasteiger partial charge on any atom is -0.370 e. The van der Waals surface area contributed by atoms with Gasteiger partial charge in [-0.15, -0.1) is 0 Å². The summed E-state index contributed by atoms with van der Waals surface area (Å²) in [6.07, 6.45) is 5.49. The van der Waals surface area contributed by atoms with Crippen LogP contribution in [0.4, 0.5) is 0 Å². The SMILES string of the molecule is NC(=O)CCCCNC(=O)C1(N)CCCC1. The molecule has 1 aliphatic rings. The van der Waals surface area contributed by atoms with Crippen molar-refractivity contribution in [1.82, 2.24) is 5.32 Å². The summed E-state index contributed by atoms with van der Waals surface area (Å²) in [5.41, 5.74) is 10.3. The third-order valence-corrected chi connectivity index (χ3v) is 3.08. The van der Waals surface area contributed by atoms with Crippen molar-refractivity contribution in [3.63, 3.8) is 0 Å². The van der Waals surface area contributed by atoms with E-state index < -0.39 is 5.54 Å². The average Bonchev–Trinajstić information content (AvgIpc) is 2.65. The largest absolute Gasteiger partial charge is 0.370 e. The van der Waals surface area contributed by atoms with Crippen LogP contribution in [0.1, 0.15) is 44.9 Å². The molecule has 16 heavy (non-hydrogen) atoms. The molecule has 5 heteroatoms. The second-order valence-electron chi connectivity index (χ2n) is 4.54. The Balaban J connectivity index is 2.13. The maximum Gasteiger partial charge on any atom is 0.240 e. The lowest BCUT2D eigenvalue weighted by Gasteiger charge is -2.22. The summed E-state index contributed by atoms with van der Waals surface area (Å²) in [7, 11) is 0. The van der Waals surface area contributed by atoms with E-state index >= 15 is 0 Å². The minimum atomic E-state index is -0.649. The summed E-state index contributed by atoms with van der Waals surface area (Å²) in [4.78, 5) is 22.2. The monoisotopic (exact) mass is 227 g/mol. The minimum absolute atomic E-state index is 0.0518. The van der Waals surface area contributed by atoms with Crippen molar-refractivity contribution in [3.8, 4) is 0 Å². The van der Waals surface area contributed by atoms with Crippen molar-refractivity contribution in [2.45, 2.75) is 50.5 Å². The second kappa shape index (κ2) is 5.84. The molecule has 0 unspecified atom stereocenters. The Kier molecular flexibility index (Phi) is 4.73. The van der Waals surface area contributed by atoms with E-state index in [1.165, 1.54) is 0 Å². The summed E-state index contributed by atoms with van der Waals surface area (Å²) < 4.78 is 0. The van der Waals surface area contributed by atoms with Crippen LogP contribution in [0.3, 0.4) is 0 Å². The number of rotatable bonds is 6. The molecule has 5 N–H and O–H groups in total. The summed E-state index contributed by atoms with van der Waals surface area (Å²) in [6, 6.07) is 0. The number of hydrogen-bond acceptors (Lipinski definition) is 3. The van der Waals surface area contributed by atoms with Gasteiger partial charge in [0, 0.05) is 13.0 Å². The molecule has 2 amide bonds. The molecular weight excluding hydrogens is 206 g/mol. The molecular formula is C11H21N3O2. The molecule has 0 aromatic heterocycles. The van der Waals surface area contributed by atoms with Gasteiger partial charge in [-0.25, -0.2) is 0 Å². The molecule has 0 aromatic carbocycles. The summed E-state index contributed by atoms with van der Waals surface area (Å²) in [6.45, 7) is 0.574. The van der Waals surface area contributed by atoms with E-state index in [1.54, 1.807) is 0 Å². The normalized spacial score (nSPS) is 18.3. The molecule has 0 heterocycles. The van der Waals surface area contributed by atoms with Crippen molar-refractivity contribution in [2.24, 2.45) is 11.5 Å². The van der Waals surface area contributed by atoms with E-state index in [4.69, 9.17) is 11.5 Å². The molecule has 0 saturated heterocycles. The third-order valence-electron chi connectivity index (χ3n) is 3.08. The summed E-state index contributed by atoms with van der Waals surface area (Å²) >= 11 is 0. The lowest BCUT2D eigenvalue weighted by Crippen LogP contribution is -2.52. The van der Waals surface area contributed by atoms with E-state index in [-0.39, 0.29) is 11.8 Å². The van der Waals surface area contributed by atoms with Crippen LogP contribution < -0.4 is 16.8 Å². The fraction of sp³-hybridized carbons (Fsp3) is 0.818. The van der Waals surface area contributed by atoms with Crippen LogP contribution in [0.15, 0.2) is 0 Å². The zero-order valence-corrected chi connectivity index (χ0v) is 9.63. The van der Waals surface area contributed by atoms with Gasteiger partial charge < -0.3 is 16.8 Å². The molecule has 1 fully saturated rings. The number of unbranched alkanes of at least 4 members (excludes halogenated alkanes) is 1. The van der Waals surface area contributed by atoms with Crippen LogP contribution in [0.2, 0.25) is 0 Å². The standard InChI is InChI=1S/C11H21N3O2/c12-9(15)5-1-4-8-14-10(16)11(13)6-2-3-7-11/h1-8,13H2,(H2,12,15)(H,14,16). The molecule has 0 spiro atoms. The quantitative estimate of drug-likeness (QED) is 0.558. The highest BCUT2D eigenvalue weighted by Crippen LogP contribution is 2.27. The predicted octanol–water partition coefficient (Wildman–Crippen LogP) is 0.0297. The van der Waals surface area contributed by atoms with E-state index in [0.29, 0.717) is 19.4 Å². The molecule has 92 valence electrons. The van der Waals surface area contributed by atoms with Crippen LogP contribution in [-0.2, 0) is 9.59 Å². The van der Waals surface area contributed by atoms with E-state index in [9.17, 15) is 9.59 Å². The van der Waals surface area contributed by atoms with Gasteiger partial charge in [0.2, 0.25) is 11.8 Å². The van der Waals surface area contributed by atoms with Gasteiger partial charge in [-0.05, 0) is 25.7 Å². The lowest BCUT2D eigenvalue weighted by atomic mass is 9.98. The number of nitrogens with one attached hydrogen (secondary N) is 1. The molecule has 0 aliphatic heterocycles. The van der Waals surface area contributed by atoms with E-state index in [1.807, 2.05) is 0 Å². The molecule has 1 saturated carbocycles. The lowest BCUT2D eigenvalue weighted by molar-refractivity contribution is -0.126. The van der Waals surface area contributed by atoms with Gasteiger partial charge in [0.1, 0.15) is 0 Å². The molecule has 0 atom stereocenters. The third kappa shape index (κ3) is 3.81. The van der Waals surface area contributed by atoms with Gasteiger partial charge in [-0.3, -0.25) is 9.59 Å². The highest BCUT2D eigenvalue weighted by Gasteiger charge is 2.36. The first-order valence-corrected chi connectivity index (χ1v) is 5.90. The number of carbonyl (C=O) groups excluding carboxylic acids is 2. The second-order valence-corrected chi connectivity index (χ2v) is 4.54. The summed E-state index contributed by atoms with van der Waals surface area (Å²) in [5.74, 6) is -0.346. The topological polar surface area (TPSA) is 98.2 Å². The maximum atomic E-state index is 11.7. The Morgan fingerprint density at radius 3 is 2.38 bits per heavy atom. The Hall–Kier alpha value is -1.10. The van der Waals surface area contributed by atoms with Crippen LogP contribution >= 0.6 is 0 Å². The van der Waals surface area contributed by atoms with E-state index in [2.05, 4.69) is 5.32 Å². The first kappa shape index (κ1) is 13.0. The van der Waals surface area contributed by atoms with Crippen LogP contribution in [-0.4, -0.2) is 23.9 Å². The zero-order valence-electron chi connectivity index (χ0n) is 9.63. The molecule has 5 nitrogen and oxygen atoms in total. The summed E-state index contributed by atoms with van der Waals surface area (Å²) in [5, 5.41) is 2.82. The number of primary amides is 1. The fourth-order valence-corrected chi connectivity index (χ4v) is 2.04. The van der Waals surface area contributed by atoms with Crippen LogP contribution in [0.25, 0.3) is 0 Å². The van der Waals surface area contributed by atoms with Crippen LogP contribution in [0, 0.1) is 0 Å². The first-order valence-electron chi connectivity index (χ1n) is 5.90. The Morgan fingerprint density at radius 1 is 1.19 bits per heavy atom. The molecule has 0 aromatic rings. The molecule has 0 radical (unpaired) electrons. The van der Waals surface area contributed by atoms with Crippen molar-refractivity contribution in [2.75, 3.05) is 6.54 Å². The predicted molar refractivity (Wildman–Crippen MR) is 61.4 cm³/mol. The van der Waals surface area contributed by atoms with Crippen molar-refractivity contribution in [1.29, 1.82) is 0 Å². The fourth-order valence-electron chi connectivity index (χ4n) is 2.04. The van der Waals surface area contributed by atoms with Crippen molar-refractivity contribution in [3.05, 3.63) is 0 Å². The maximum absolute atomic E-state index is 11.7. The van der Waals surface area contributed by atoms with Gasteiger partial charge in [-0.2, -0.15) is 0 Å². The highest BCUT2D eigenvalue weighted by atomic mass is 16.2. The van der Waals surface area contributed by atoms with E-state index in [0.717, 1.165) is 32.1 Å². The van der Waals surface area contributed by atoms with Gasteiger partial charge in [0.25, 0.3) is 0 Å². The highest BCUT2D eigenvalue weighted by molar-refractivity contribution is 5.86. The Labute approximate surface area is 95.9 Å². The van der Waals surface area contributed by atoms with Crippen LogP contribution in [0.5, 0.6) is 0 Å². The Bertz CT molecular complexity index is 260. The molecule has 1 aliphatic carbocycles. The number of nitrogens with two attached hydrogens (primary N) is 2. The van der Waals surface area contributed by atoms with Gasteiger partial charge >= 0.3 is 0 Å². The van der Waals surface area contributed by atoms with Crippen molar-refractivity contribution >= 4 is 11.8 Å².